The van der Waals surface area contributed by atoms with E-state index in [1.54, 1.807) is 12.1 Å². The van der Waals surface area contributed by atoms with E-state index in [9.17, 15) is 14.9 Å². The summed E-state index contributed by atoms with van der Waals surface area (Å²) in [6.07, 6.45) is 8.68. The first-order chi connectivity index (χ1) is 17.0. The predicted molar refractivity (Wildman–Crippen MR) is 139 cm³/mol. The van der Waals surface area contributed by atoms with Gasteiger partial charge in [-0.15, -0.1) is 0 Å². The van der Waals surface area contributed by atoms with E-state index in [1.807, 2.05) is 0 Å². The molecule has 0 saturated carbocycles. The second-order valence-corrected chi connectivity index (χ2v) is 8.44. The third-order valence-corrected chi connectivity index (χ3v) is 5.92. The standard InChI is InChI=1S/C17H19N5O3.C10H14/c1-18-17(23)14-7-8-19-16(20-14)13-11-12(5-6-15(13)22(24)25)21-9-3-2-4-10-21;1-2-3-7-10-8-5-4-6-9-10/h5-8,11H,2-4,9-10H2,1H3,(H,18,23);4-6,8-9H,2-3,7H2,1H3. The lowest BCUT2D eigenvalue weighted by Gasteiger charge is -2.29. The van der Waals surface area contributed by atoms with Crippen molar-refractivity contribution in [1.82, 2.24) is 15.3 Å². The number of hydrogen-bond donors (Lipinski definition) is 1. The summed E-state index contributed by atoms with van der Waals surface area (Å²) in [4.78, 5) is 33.3. The van der Waals surface area contributed by atoms with Gasteiger partial charge in [-0.2, -0.15) is 0 Å². The van der Waals surface area contributed by atoms with E-state index < -0.39 is 4.92 Å². The van der Waals surface area contributed by atoms with Crippen LogP contribution in [0.25, 0.3) is 11.4 Å². The molecule has 2 heterocycles. The first-order valence-corrected chi connectivity index (χ1v) is 12.2. The lowest BCUT2D eigenvalue weighted by molar-refractivity contribution is -0.384. The van der Waals surface area contributed by atoms with Crippen LogP contribution in [0.2, 0.25) is 0 Å². The number of carbonyl (C=O) groups excluding carboxylic acids is 1. The molecule has 1 fully saturated rings. The van der Waals surface area contributed by atoms with Crippen molar-refractivity contribution in [3.05, 3.63) is 82.2 Å². The van der Waals surface area contributed by atoms with Crippen LogP contribution in [0, 0.1) is 10.1 Å². The van der Waals surface area contributed by atoms with Crippen molar-refractivity contribution in [2.75, 3.05) is 25.0 Å². The Morgan fingerprint density at radius 3 is 2.49 bits per heavy atom. The summed E-state index contributed by atoms with van der Waals surface area (Å²) in [6.45, 7) is 4.08. The molecule has 4 rings (SSSR count). The number of aryl methyl sites for hydroxylation is 1. The molecule has 0 atom stereocenters. The topological polar surface area (TPSA) is 101 Å². The normalized spacial score (nSPS) is 12.9. The maximum Gasteiger partial charge on any atom is 0.280 e. The predicted octanol–water partition coefficient (Wildman–Crippen LogP) is 5.43. The van der Waals surface area contributed by atoms with Crippen LogP contribution >= 0.6 is 0 Å². The van der Waals surface area contributed by atoms with Gasteiger partial charge >= 0.3 is 0 Å². The van der Waals surface area contributed by atoms with E-state index >= 15 is 0 Å². The molecular weight excluding hydrogens is 442 g/mol. The van der Waals surface area contributed by atoms with Crippen LogP contribution in [-0.4, -0.2) is 40.9 Å². The van der Waals surface area contributed by atoms with Gasteiger partial charge in [-0.05, 0) is 55.9 Å². The lowest BCUT2D eigenvalue weighted by atomic mass is 10.1. The molecule has 0 radical (unpaired) electrons. The summed E-state index contributed by atoms with van der Waals surface area (Å²) in [5.41, 5.74) is 2.79. The number of aromatic nitrogens is 2. The zero-order valence-electron chi connectivity index (χ0n) is 20.4. The van der Waals surface area contributed by atoms with E-state index in [-0.39, 0.29) is 23.1 Å². The van der Waals surface area contributed by atoms with Gasteiger partial charge in [0.1, 0.15) is 5.69 Å². The Kier molecular flexibility index (Phi) is 9.71. The lowest BCUT2D eigenvalue weighted by Crippen LogP contribution is -2.29. The first-order valence-electron chi connectivity index (χ1n) is 12.2. The monoisotopic (exact) mass is 475 g/mol. The molecular formula is C27H33N5O3. The van der Waals surface area contributed by atoms with E-state index in [0.717, 1.165) is 31.6 Å². The van der Waals surface area contributed by atoms with E-state index in [4.69, 9.17) is 0 Å². The van der Waals surface area contributed by atoms with Crippen LogP contribution in [0.5, 0.6) is 0 Å². The van der Waals surface area contributed by atoms with Crippen molar-refractivity contribution in [3.63, 3.8) is 0 Å². The zero-order valence-corrected chi connectivity index (χ0v) is 20.4. The molecule has 1 aliphatic rings. The van der Waals surface area contributed by atoms with Gasteiger partial charge in [0.05, 0.1) is 10.5 Å². The molecule has 1 saturated heterocycles. The Hall–Kier alpha value is -3.81. The van der Waals surface area contributed by atoms with Crippen LogP contribution in [-0.2, 0) is 6.42 Å². The molecule has 1 amide bonds. The number of nitrogens with one attached hydrogen (secondary N) is 1. The average molecular weight is 476 g/mol. The fourth-order valence-electron chi connectivity index (χ4n) is 3.98. The number of nitro groups is 1. The Balaban J connectivity index is 0.000000287. The van der Waals surface area contributed by atoms with Gasteiger partial charge in [0.15, 0.2) is 5.82 Å². The highest BCUT2D eigenvalue weighted by Gasteiger charge is 2.21. The molecule has 0 bridgehead atoms. The highest BCUT2D eigenvalue weighted by molar-refractivity contribution is 5.92. The molecule has 2 aromatic carbocycles. The van der Waals surface area contributed by atoms with Gasteiger partial charge in [-0.3, -0.25) is 14.9 Å². The number of nitro benzene ring substituents is 1. The number of carbonyl (C=O) groups is 1. The minimum Gasteiger partial charge on any atom is -0.372 e. The van der Waals surface area contributed by atoms with Gasteiger partial charge in [-0.25, -0.2) is 9.97 Å². The van der Waals surface area contributed by atoms with Gasteiger partial charge in [-0.1, -0.05) is 43.7 Å². The summed E-state index contributed by atoms with van der Waals surface area (Å²) in [5.74, 6) is -0.190. The second kappa shape index (κ2) is 13.2. The molecule has 3 aromatic rings. The number of piperidine rings is 1. The van der Waals surface area contributed by atoms with Crippen molar-refractivity contribution >= 4 is 17.3 Å². The third kappa shape index (κ3) is 7.34. The van der Waals surface area contributed by atoms with Crippen molar-refractivity contribution in [3.8, 4) is 11.4 Å². The van der Waals surface area contributed by atoms with Crippen molar-refractivity contribution in [2.45, 2.75) is 45.4 Å². The molecule has 0 aliphatic carbocycles. The molecule has 1 N–H and O–H groups in total. The van der Waals surface area contributed by atoms with Crippen molar-refractivity contribution in [1.29, 1.82) is 0 Å². The van der Waals surface area contributed by atoms with Gasteiger partial charge in [0, 0.05) is 38.1 Å². The van der Waals surface area contributed by atoms with Crippen molar-refractivity contribution in [2.24, 2.45) is 0 Å². The van der Waals surface area contributed by atoms with Crippen LogP contribution in [0.1, 0.15) is 55.1 Å². The zero-order chi connectivity index (χ0) is 25.0. The van der Waals surface area contributed by atoms with Gasteiger partial charge in [0.25, 0.3) is 11.6 Å². The Morgan fingerprint density at radius 1 is 1.09 bits per heavy atom. The Morgan fingerprint density at radius 2 is 1.83 bits per heavy atom. The Labute approximate surface area is 206 Å². The molecule has 35 heavy (non-hydrogen) atoms. The minimum absolute atomic E-state index is 0.0742. The Bertz CT molecular complexity index is 1110. The quantitative estimate of drug-likeness (QED) is 0.361. The molecule has 184 valence electrons. The number of nitrogens with zero attached hydrogens (tertiary/aromatic N) is 4. The van der Waals surface area contributed by atoms with Gasteiger partial charge < -0.3 is 10.2 Å². The highest BCUT2D eigenvalue weighted by Crippen LogP contribution is 2.32. The number of unbranched alkanes of at least 4 members (excludes halogenated alkanes) is 1. The van der Waals surface area contributed by atoms with Gasteiger partial charge in [0.2, 0.25) is 0 Å². The number of rotatable bonds is 7. The van der Waals surface area contributed by atoms with Crippen LogP contribution < -0.4 is 10.2 Å². The smallest absolute Gasteiger partial charge is 0.280 e. The number of hydrogen-bond acceptors (Lipinski definition) is 6. The summed E-state index contributed by atoms with van der Waals surface area (Å²) >= 11 is 0. The maximum atomic E-state index is 11.8. The second-order valence-electron chi connectivity index (χ2n) is 8.44. The number of anilines is 1. The first kappa shape index (κ1) is 25.8. The maximum absolute atomic E-state index is 11.8. The summed E-state index contributed by atoms with van der Waals surface area (Å²) < 4.78 is 0. The van der Waals surface area contributed by atoms with Crippen LogP contribution in [0.4, 0.5) is 11.4 Å². The number of benzene rings is 2. The fourth-order valence-corrected chi connectivity index (χ4v) is 3.98. The largest absolute Gasteiger partial charge is 0.372 e. The van der Waals surface area contributed by atoms with Crippen molar-refractivity contribution < 1.29 is 9.72 Å². The molecule has 8 nitrogen and oxygen atoms in total. The van der Waals surface area contributed by atoms with E-state index in [1.165, 1.54) is 56.6 Å². The highest BCUT2D eigenvalue weighted by atomic mass is 16.6. The summed E-state index contributed by atoms with van der Waals surface area (Å²) in [7, 11) is 1.50. The average Bonchev–Trinajstić information content (AvgIpc) is 2.92. The summed E-state index contributed by atoms with van der Waals surface area (Å²) in [6, 6.07) is 17.1. The van der Waals surface area contributed by atoms with Crippen LogP contribution in [0.15, 0.2) is 60.8 Å². The van der Waals surface area contributed by atoms with Crippen LogP contribution in [0.3, 0.4) is 0 Å². The van der Waals surface area contributed by atoms with E-state index in [2.05, 4.69) is 57.4 Å². The summed E-state index contributed by atoms with van der Waals surface area (Å²) in [5, 5.41) is 13.9. The SMILES string of the molecule is CCCCc1ccccc1.CNC(=O)c1ccnc(-c2cc(N3CCCCC3)ccc2[N+](=O)[O-])n1. The molecule has 1 aromatic heterocycles. The minimum atomic E-state index is -0.453. The van der Waals surface area contributed by atoms with E-state index in [0.29, 0.717) is 5.56 Å². The molecule has 1 aliphatic heterocycles. The molecule has 0 spiro atoms. The number of amides is 1. The molecule has 8 heteroatoms. The third-order valence-electron chi connectivity index (χ3n) is 5.92. The fraction of sp³-hybridized carbons (Fsp3) is 0.370. The molecule has 0 unspecified atom stereocenters.